The van der Waals surface area contributed by atoms with Crippen LogP contribution in [0.2, 0.25) is 0 Å². The number of benzene rings is 1. The molecule has 27 heavy (non-hydrogen) atoms. The molecule has 1 aromatic carbocycles. The first-order chi connectivity index (χ1) is 13.1. The lowest BCUT2D eigenvalue weighted by atomic mass is 10.0. The lowest BCUT2D eigenvalue weighted by Gasteiger charge is -2.07. The van der Waals surface area contributed by atoms with Gasteiger partial charge in [0.15, 0.2) is 0 Å². The van der Waals surface area contributed by atoms with Gasteiger partial charge in [-0.2, -0.15) is 0 Å². The second kappa shape index (κ2) is 7.68. The molecule has 2 aromatic heterocycles. The van der Waals surface area contributed by atoms with Crippen molar-refractivity contribution >= 4 is 28.0 Å². The summed E-state index contributed by atoms with van der Waals surface area (Å²) in [7, 11) is 0. The number of fused-ring (bicyclic) bond motifs is 2. The largest absolute Gasteiger partial charge is 0.351 e. The number of nitrogens with zero attached hydrogens (tertiary/aromatic N) is 2. The minimum absolute atomic E-state index is 0.0376. The Morgan fingerprint density at radius 1 is 1.19 bits per heavy atom. The van der Waals surface area contributed by atoms with E-state index in [2.05, 4.69) is 10.3 Å². The summed E-state index contributed by atoms with van der Waals surface area (Å²) < 4.78 is 27.4. The Morgan fingerprint density at radius 2 is 2.04 bits per heavy atom. The Bertz CT molecular complexity index is 979. The van der Waals surface area contributed by atoms with Gasteiger partial charge in [-0.3, -0.25) is 9.78 Å². The Kier molecular flexibility index (Phi) is 5.11. The molecule has 0 radical (unpaired) electrons. The van der Waals surface area contributed by atoms with Crippen LogP contribution in [0.25, 0.3) is 10.8 Å². The van der Waals surface area contributed by atoms with E-state index in [-0.39, 0.29) is 16.5 Å². The first kappa shape index (κ1) is 18.0. The number of hydrogen-bond donors (Lipinski definition) is 1. The summed E-state index contributed by atoms with van der Waals surface area (Å²) in [6, 6.07) is 3.38. The highest BCUT2D eigenvalue weighted by atomic mass is 32.1. The molecule has 1 amide bonds. The van der Waals surface area contributed by atoms with Crippen molar-refractivity contribution in [3.63, 3.8) is 0 Å². The van der Waals surface area contributed by atoms with Crippen molar-refractivity contribution in [3.05, 3.63) is 57.3 Å². The van der Waals surface area contributed by atoms with Crippen LogP contribution >= 0.6 is 11.3 Å². The summed E-state index contributed by atoms with van der Waals surface area (Å²) in [6.07, 6.45) is 7.58. The maximum Gasteiger partial charge on any atom is 0.270 e. The van der Waals surface area contributed by atoms with Gasteiger partial charge in [0.05, 0.1) is 10.7 Å². The second-order valence-electron chi connectivity index (χ2n) is 6.69. The van der Waals surface area contributed by atoms with Crippen molar-refractivity contribution in [1.82, 2.24) is 15.3 Å². The lowest BCUT2D eigenvalue weighted by Crippen LogP contribution is -2.26. The molecule has 0 atom stereocenters. The van der Waals surface area contributed by atoms with Gasteiger partial charge < -0.3 is 5.32 Å². The Labute approximate surface area is 159 Å². The number of thiazole rings is 1. The number of amides is 1. The van der Waals surface area contributed by atoms with E-state index in [0.29, 0.717) is 6.54 Å². The number of pyridine rings is 1. The van der Waals surface area contributed by atoms with Crippen LogP contribution in [-0.2, 0) is 19.3 Å². The van der Waals surface area contributed by atoms with E-state index >= 15 is 0 Å². The summed E-state index contributed by atoms with van der Waals surface area (Å²) >= 11 is 1.78. The third-order valence-corrected chi connectivity index (χ3v) is 5.97. The fourth-order valence-corrected chi connectivity index (χ4v) is 4.62. The lowest BCUT2D eigenvalue weighted by molar-refractivity contribution is 0.0950. The highest BCUT2D eigenvalue weighted by Gasteiger charge is 2.16. The maximum absolute atomic E-state index is 13.9. The van der Waals surface area contributed by atoms with E-state index in [4.69, 9.17) is 4.98 Å². The molecular weight excluding hydrogens is 368 g/mol. The van der Waals surface area contributed by atoms with Crippen molar-refractivity contribution in [1.29, 1.82) is 0 Å². The predicted molar refractivity (Wildman–Crippen MR) is 101 cm³/mol. The first-order valence-electron chi connectivity index (χ1n) is 9.11. The minimum atomic E-state index is -0.727. The van der Waals surface area contributed by atoms with Gasteiger partial charge in [-0.25, -0.2) is 13.8 Å². The molecule has 0 bridgehead atoms. The topological polar surface area (TPSA) is 54.9 Å². The zero-order valence-electron chi connectivity index (χ0n) is 14.7. The second-order valence-corrected chi connectivity index (χ2v) is 7.85. The van der Waals surface area contributed by atoms with Crippen LogP contribution in [0.1, 0.15) is 45.3 Å². The standard InChI is InChI=1S/C20H19F2N3OS/c21-12-10-14-13(15(22)11-12)7-9-23-19(14)20(26)24-8-3-6-18-25-16-4-1-2-5-17(16)27-18/h7,9-11H,1-6,8H2,(H,24,26). The van der Waals surface area contributed by atoms with E-state index in [1.807, 2.05) is 0 Å². The average Bonchev–Trinajstić information content (AvgIpc) is 3.07. The van der Waals surface area contributed by atoms with Gasteiger partial charge in [-0.1, -0.05) is 0 Å². The molecule has 140 valence electrons. The van der Waals surface area contributed by atoms with Crippen LogP contribution < -0.4 is 5.32 Å². The molecule has 0 aliphatic heterocycles. The van der Waals surface area contributed by atoms with E-state index in [0.717, 1.165) is 42.8 Å². The van der Waals surface area contributed by atoms with Crippen molar-refractivity contribution in [3.8, 4) is 0 Å². The number of nitrogens with one attached hydrogen (secondary N) is 1. The van der Waals surface area contributed by atoms with Crippen molar-refractivity contribution < 1.29 is 13.6 Å². The van der Waals surface area contributed by atoms with Crippen LogP contribution in [0.4, 0.5) is 8.78 Å². The molecule has 3 aromatic rings. The van der Waals surface area contributed by atoms with E-state index in [9.17, 15) is 13.6 Å². The van der Waals surface area contributed by atoms with Crippen LogP contribution in [0.3, 0.4) is 0 Å². The van der Waals surface area contributed by atoms with Crippen LogP contribution in [0.15, 0.2) is 24.4 Å². The van der Waals surface area contributed by atoms with Gasteiger partial charge >= 0.3 is 0 Å². The number of halogens is 2. The van der Waals surface area contributed by atoms with Crippen LogP contribution in [-0.4, -0.2) is 22.4 Å². The fraction of sp³-hybridized carbons (Fsp3) is 0.350. The Balaban J connectivity index is 1.38. The summed E-state index contributed by atoms with van der Waals surface area (Å²) in [5.74, 6) is -1.85. The van der Waals surface area contributed by atoms with Crippen molar-refractivity contribution in [2.24, 2.45) is 0 Å². The summed E-state index contributed by atoms with van der Waals surface area (Å²) in [5.41, 5.74) is 1.28. The molecule has 1 aliphatic rings. The van der Waals surface area contributed by atoms with Crippen molar-refractivity contribution in [2.45, 2.75) is 38.5 Å². The minimum Gasteiger partial charge on any atom is -0.351 e. The van der Waals surface area contributed by atoms with Gasteiger partial charge in [0.1, 0.15) is 17.3 Å². The molecule has 0 spiro atoms. The Hall–Kier alpha value is -2.41. The normalized spacial score (nSPS) is 13.6. The smallest absolute Gasteiger partial charge is 0.270 e. The molecule has 0 saturated heterocycles. The number of carbonyl (C=O) groups is 1. The molecule has 4 rings (SSSR count). The zero-order chi connectivity index (χ0) is 18.8. The molecule has 4 nitrogen and oxygen atoms in total. The van der Waals surface area contributed by atoms with Gasteiger partial charge in [-0.05, 0) is 44.2 Å². The third-order valence-electron chi connectivity index (χ3n) is 4.75. The summed E-state index contributed by atoms with van der Waals surface area (Å²) in [5, 5.41) is 4.27. The molecule has 1 N–H and O–H groups in total. The number of aromatic nitrogens is 2. The predicted octanol–water partition coefficient (Wildman–Crippen LogP) is 4.21. The zero-order valence-corrected chi connectivity index (χ0v) is 15.5. The van der Waals surface area contributed by atoms with Gasteiger partial charge in [-0.15, -0.1) is 11.3 Å². The molecule has 2 heterocycles. The summed E-state index contributed by atoms with van der Waals surface area (Å²) in [4.78, 5) is 22.5. The average molecular weight is 387 g/mol. The first-order valence-corrected chi connectivity index (χ1v) is 9.93. The number of rotatable bonds is 5. The van der Waals surface area contributed by atoms with Crippen molar-refractivity contribution in [2.75, 3.05) is 6.54 Å². The molecule has 1 aliphatic carbocycles. The van der Waals surface area contributed by atoms with E-state index < -0.39 is 17.5 Å². The van der Waals surface area contributed by atoms with Crippen LogP contribution in [0.5, 0.6) is 0 Å². The fourth-order valence-electron chi connectivity index (χ4n) is 3.42. The molecule has 7 heteroatoms. The summed E-state index contributed by atoms with van der Waals surface area (Å²) in [6.45, 7) is 0.457. The van der Waals surface area contributed by atoms with Gasteiger partial charge in [0.25, 0.3) is 5.91 Å². The van der Waals surface area contributed by atoms with Gasteiger partial charge in [0, 0.05) is 40.9 Å². The molecule has 0 saturated carbocycles. The Morgan fingerprint density at radius 3 is 2.89 bits per heavy atom. The molecule has 0 fully saturated rings. The monoisotopic (exact) mass is 387 g/mol. The third kappa shape index (κ3) is 3.83. The molecule has 0 unspecified atom stereocenters. The van der Waals surface area contributed by atoms with Crippen LogP contribution in [0, 0.1) is 11.6 Å². The quantitative estimate of drug-likeness (QED) is 0.667. The number of carbonyl (C=O) groups excluding carboxylic acids is 1. The highest BCUT2D eigenvalue weighted by molar-refractivity contribution is 7.11. The number of aryl methyl sites for hydroxylation is 3. The SMILES string of the molecule is O=C(NCCCc1nc2c(s1)CCCC2)c1nccc2c(F)cc(F)cc12. The van der Waals surface area contributed by atoms with Gasteiger partial charge in [0.2, 0.25) is 0 Å². The highest BCUT2D eigenvalue weighted by Crippen LogP contribution is 2.27. The van der Waals surface area contributed by atoms with E-state index in [1.54, 1.807) is 11.3 Å². The number of hydrogen-bond acceptors (Lipinski definition) is 4. The molecular formula is C20H19F2N3OS. The van der Waals surface area contributed by atoms with E-state index in [1.165, 1.54) is 35.7 Å². The maximum atomic E-state index is 13.9.